The molecule has 1 amide bonds. The minimum atomic E-state index is -3.65. The van der Waals surface area contributed by atoms with Gasteiger partial charge in [-0.2, -0.15) is 4.31 Å². The minimum absolute atomic E-state index is 0.130. The molecular formula is C21H24N2O5S. The highest BCUT2D eigenvalue weighted by Crippen LogP contribution is 2.25. The van der Waals surface area contributed by atoms with Gasteiger partial charge in [0.2, 0.25) is 10.0 Å². The molecule has 154 valence electrons. The van der Waals surface area contributed by atoms with Crippen molar-refractivity contribution in [3.05, 3.63) is 59.2 Å². The molecule has 0 radical (unpaired) electrons. The lowest BCUT2D eigenvalue weighted by atomic mass is 10.1. The molecule has 1 aliphatic heterocycles. The summed E-state index contributed by atoms with van der Waals surface area (Å²) in [6.07, 6.45) is 1.67. The Morgan fingerprint density at radius 2 is 1.79 bits per heavy atom. The van der Waals surface area contributed by atoms with Crippen LogP contribution < -0.4 is 5.32 Å². The molecule has 29 heavy (non-hydrogen) atoms. The number of nitrogens with one attached hydrogen (secondary N) is 1. The number of sulfonamides is 1. The van der Waals surface area contributed by atoms with Crippen LogP contribution in [0.15, 0.2) is 47.4 Å². The van der Waals surface area contributed by atoms with Gasteiger partial charge < -0.3 is 10.1 Å². The monoisotopic (exact) mass is 416 g/mol. The Hall–Kier alpha value is -2.71. The van der Waals surface area contributed by atoms with E-state index in [1.54, 1.807) is 50.2 Å². The van der Waals surface area contributed by atoms with Gasteiger partial charge in [-0.1, -0.05) is 18.2 Å². The molecule has 0 aliphatic carbocycles. The molecule has 2 aromatic rings. The van der Waals surface area contributed by atoms with Crippen molar-refractivity contribution in [3.8, 4) is 0 Å². The van der Waals surface area contributed by atoms with E-state index in [4.69, 9.17) is 4.74 Å². The number of ether oxygens (including phenoxy) is 1. The average molecular weight is 416 g/mol. The summed E-state index contributed by atoms with van der Waals surface area (Å²) in [5, 5.41) is 2.69. The third kappa shape index (κ3) is 4.49. The van der Waals surface area contributed by atoms with Gasteiger partial charge in [0.25, 0.3) is 5.91 Å². The van der Waals surface area contributed by atoms with E-state index in [-0.39, 0.29) is 22.6 Å². The first kappa shape index (κ1) is 21.0. The van der Waals surface area contributed by atoms with Crippen LogP contribution in [0.1, 0.15) is 46.0 Å². The summed E-state index contributed by atoms with van der Waals surface area (Å²) in [6.45, 7) is 4.61. The Balaban J connectivity index is 1.89. The zero-order chi connectivity index (χ0) is 21.0. The average Bonchev–Trinajstić information content (AvgIpc) is 3.24. The van der Waals surface area contributed by atoms with Gasteiger partial charge in [-0.25, -0.2) is 13.2 Å². The van der Waals surface area contributed by atoms with Gasteiger partial charge in [0.15, 0.2) is 0 Å². The molecule has 1 heterocycles. The highest BCUT2D eigenvalue weighted by molar-refractivity contribution is 7.89. The molecule has 8 heteroatoms. The zero-order valence-electron chi connectivity index (χ0n) is 16.5. The molecule has 0 atom stereocenters. The molecule has 2 aromatic carbocycles. The van der Waals surface area contributed by atoms with Crippen LogP contribution in [-0.4, -0.2) is 44.3 Å². The molecule has 0 saturated carbocycles. The Kier molecular flexibility index (Phi) is 6.34. The number of amides is 1. The second-order valence-electron chi connectivity index (χ2n) is 6.81. The largest absolute Gasteiger partial charge is 0.462 e. The van der Waals surface area contributed by atoms with Crippen molar-refractivity contribution in [1.29, 1.82) is 0 Å². The molecular weight excluding hydrogens is 392 g/mol. The number of para-hydroxylation sites is 1. The highest BCUT2D eigenvalue weighted by Gasteiger charge is 2.29. The third-order valence-corrected chi connectivity index (χ3v) is 6.84. The Labute approximate surface area is 170 Å². The normalized spacial score (nSPS) is 14.6. The van der Waals surface area contributed by atoms with Gasteiger partial charge in [0.05, 0.1) is 22.8 Å². The second-order valence-corrected chi connectivity index (χ2v) is 8.72. The molecule has 1 N–H and O–H groups in total. The first-order valence-corrected chi connectivity index (χ1v) is 11.0. The third-order valence-electron chi connectivity index (χ3n) is 4.80. The maximum absolute atomic E-state index is 12.9. The van der Waals surface area contributed by atoms with E-state index in [0.29, 0.717) is 24.3 Å². The van der Waals surface area contributed by atoms with Crippen molar-refractivity contribution in [2.45, 2.75) is 31.6 Å². The summed E-state index contributed by atoms with van der Waals surface area (Å²) in [7, 11) is -3.65. The smallest absolute Gasteiger partial charge is 0.340 e. The molecule has 0 aromatic heterocycles. The highest BCUT2D eigenvalue weighted by atomic mass is 32.2. The number of rotatable bonds is 6. The second kappa shape index (κ2) is 8.75. The first-order chi connectivity index (χ1) is 13.8. The number of aryl methyl sites for hydroxylation is 1. The number of carbonyl (C=O) groups excluding carboxylic acids is 2. The summed E-state index contributed by atoms with van der Waals surface area (Å²) in [6, 6.07) is 11.1. The summed E-state index contributed by atoms with van der Waals surface area (Å²) in [5.74, 6) is -1.04. The van der Waals surface area contributed by atoms with Crippen LogP contribution in [0.5, 0.6) is 0 Å². The van der Waals surface area contributed by atoms with Crippen LogP contribution >= 0.6 is 0 Å². The molecule has 0 unspecified atom stereocenters. The van der Waals surface area contributed by atoms with Crippen molar-refractivity contribution in [2.24, 2.45) is 0 Å². The van der Waals surface area contributed by atoms with E-state index >= 15 is 0 Å². The van der Waals surface area contributed by atoms with Crippen LogP contribution in [0.4, 0.5) is 5.69 Å². The lowest BCUT2D eigenvalue weighted by molar-refractivity contribution is 0.0527. The topological polar surface area (TPSA) is 92.8 Å². The summed E-state index contributed by atoms with van der Waals surface area (Å²) < 4.78 is 32.3. The van der Waals surface area contributed by atoms with Crippen LogP contribution in [0.2, 0.25) is 0 Å². The van der Waals surface area contributed by atoms with Gasteiger partial charge in [-0.05, 0) is 56.5 Å². The molecule has 3 rings (SSSR count). The van der Waals surface area contributed by atoms with Gasteiger partial charge in [-0.15, -0.1) is 0 Å². The quantitative estimate of drug-likeness (QED) is 0.730. The molecule has 1 aliphatic rings. The zero-order valence-corrected chi connectivity index (χ0v) is 17.3. The Morgan fingerprint density at radius 1 is 1.10 bits per heavy atom. The van der Waals surface area contributed by atoms with Crippen LogP contribution in [0, 0.1) is 6.92 Å². The van der Waals surface area contributed by atoms with E-state index < -0.39 is 21.9 Å². The van der Waals surface area contributed by atoms with E-state index in [1.807, 2.05) is 0 Å². The number of hydrogen-bond acceptors (Lipinski definition) is 5. The summed E-state index contributed by atoms with van der Waals surface area (Å²) >= 11 is 0. The fourth-order valence-electron chi connectivity index (χ4n) is 3.26. The predicted molar refractivity (Wildman–Crippen MR) is 110 cm³/mol. The van der Waals surface area contributed by atoms with E-state index in [2.05, 4.69) is 5.32 Å². The van der Waals surface area contributed by atoms with Crippen LogP contribution in [0.3, 0.4) is 0 Å². The molecule has 1 fully saturated rings. The molecule has 7 nitrogen and oxygen atoms in total. The SMILES string of the molecule is CCOC(=O)c1ccccc1NC(=O)c1ccc(C)c(S(=O)(=O)N2CCCC2)c1. The lowest BCUT2D eigenvalue weighted by Gasteiger charge is -2.18. The molecule has 1 saturated heterocycles. The maximum Gasteiger partial charge on any atom is 0.340 e. The standard InChI is InChI=1S/C21H24N2O5S/c1-3-28-21(25)17-8-4-5-9-18(17)22-20(24)16-11-10-15(2)19(14-16)29(26,27)23-12-6-7-13-23/h4-5,8-11,14H,3,6-7,12-13H2,1-2H3,(H,22,24). The fourth-order valence-corrected chi connectivity index (χ4v) is 5.03. The lowest BCUT2D eigenvalue weighted by Crippen LogP contribution is -2.28. The number of anilines is 1. The van der Waals surface area contributed by atoms with Gasteiger partial charge in [0.1, 0.15) is 0 Å². The summed E-state index contributed by atoms with van der Waals surface area (Å²) in [5.41, 5.74) is 1.33. The van der Waals surface area contributed by atoms with Gasteiger partial charge in [-0.3, -0.25) is 4.79 Å². The molecule has 0 bridgehead atoms. The Morgan fingerprint density at radius 3 is 2.48 bits per heavy atom. The van der Waals surface area contributed by atoms with Crippen molar-refractivity contribution in [3.63, 3.8) is 0 Å². The minimum Gasteiger partial charge on any atom is -0.462 e. The number of esters is 1. The van der Waals surface area contributed by atoms with E-state index in [1.165, 1.54) is 10.4 Å². The summed E-state index contributed by atoms with van der Waals surface area (Å²) in [4.78, 5) is 25.0. The number of hydrogen-bond donors (Lipinski definition) is 1. The van der Waals surface area contributed by atoms with Gasteiger partial charge >= 0.3 is 5.97 Å². The van der Waals surface area contributed by atoms with Crippen molar-refractivity contribution < 1.29 is 22.7 Å². The Bertz CT molecular complexity index is 1030. The number of carbonyl (C=O) groups is 2. The van der Waals surface area contributed by atoms with E-state index in [0.717, 1.165) is 12.8 Å². The van der Waals surface area contributed by atoms with Crippen molar-refractivity contribution >= 4 is 27.6 Å². The molecule has 0 spiro atoms. The number of nitrogens with zero attached hydrogens (tertiary/aromatic N) is 1. The van der Waals surface area contributed by atoms with Crippen molar-refractivity contribution in [1.82, 2.24) is 4.31 Å². The van der Waals surface area contributed by atoms with Crippen LogP contribution in [0.25, 0.3) is 0 Å². The van der Waals surface area contributed by atoms with Crippen molar-refractivity contribution in [2.75, 3.05) is 25.0 Å². The first-order valence-electron chi connectivity index (χ1n) is 9.53. The predicted octanol–water partition coefficient (Wildman–Crippen LogP) is 3.21. The van der Waals surface area contributed by atoms with E-state index in [9.17, 15) is 18.0 Å². The van der Waals surface area contributed by atoms with Gasteiger partial charge in [0, 0.05) is 18.7 Å². The van der Waals surface area contributed by atoms with Crippen LogP contribution in [-0.2, 0) is 14.8 Å². The fraction of sp³-hybridized carbons (Fsp3) is 0.333. The maximum atomic E-state index is 12.9. The number of benzene rings is 2.